The Morgan fingerprint density at radius 1 is 1.43 bits per heavy atom. The molecule has 8 nitrogen and oxygen atoms in total. The standard InChI is InChI=1S/C14H16FN5O3/c15-10-3-1-5-16-12(10)20-9-17-11(18-20)13(22)19-6-2-4-14(23,7-19)8-21/h1,3,5,9,21,23H,2,4,6-8H2. The fraction of sp³-hybridized carbons (Fsp3) is 0.429. The van der Waals surface area contributed by atoms with Gasteiger partial charge in [-0.15, -0.1) is 5.10 Å². The van der Waals surface area contributed by atoms with Crippen molar-refractivity contribution in [3.8, 4) is 5.82 Å². The molecular weight excluding hydrogens is 305 g/mol. The Labute approximate surface area is 131 Å². The molecule has 1 atom stereocenters. The van der Waals surface area contributed by atoms with Gasteiger partial charge in [-0.25, -0.2) is 14.4 Å². The minimum absolute atomic E-state index is 0.00875. The first-order valence-electron chi connectivity index (χ1n) is 7.17. The highest BCUT2D eigenvalue weighted by Gasteiger charge is 2.35. The normalized spacial score (nSPS) is 21.4. The number of pyridine rings is 1. The minimum Gasteiger partial charge on any atom is -0.393 e. The Morgan fingerprint density at radius 3 is 3.00 bits per heavy atom. The van der Waals surface area contributed by atoms with Crippen LogP contribution in [0.15, 0.2) is 24.7 Å². The number of aliphatic hydroxyl groups is 2. The van der Waals surface area contributed by atoms with Gasteiger partial charge in [0.1, 0.15) is 11.9 Å². The molecular formula is C14H16FN5O3. The van der Waals surface area contributed by atoms with Crippen LogP contribution in [0.1, 0.15) is 23.5 Å². The molecule has 1 fully saturated rings. The molecule has 0 radical (unpaired) electrons. The molecule has 1 aliphatic rings. The quantitative estimate of drug-likeness (QED) is 0.808. The molecule has 23 heavy (non-hydrogen) atoms. The number of nitrogens with zero attached hydrogens (tertiary/aromatic N) is 5. The summed E-state index contributed by atoms with van der Waals surface area (Å²) < 4.78 is 14.8. The van der Waals surface area contributed by atoms with Crippen LogP contribution >= 0.6 is 0 Å². The Balaban J connectivity index is 1.80. The second-order valence-electron chi connectivity index (χ2n) is 5.53. The van der Waals surface area contributed by atoms with Gasteiger partial charge in [-0.1, -0.05) is 0 Å². The number of carbonyl (C=O) groups excluding carboxylic acids is 1. The summed E-state index contributed by atoms with van der Waals surface area (Å²) in [5.74, 6) is -1.22. The van der Waals surface area contributed by atoms with Crippen molar-refractivity contribution in [3.05, 3.63) is 36.3 Å². The summed E-state index contributed by atoms with van der Waals surface area (Å²) in [6, 6.07) is 2.68. The topological polar surface area (TPSA) is 104 Å². The molecule has 1 amide bonds. The van der Waals surface area contributed by atoms with Crippen molar-refractivity contribution in [3.63, 3.8) is 0 Å². The number of likely N-dealkylation sites (tertiary alicyclic amines) is 1. The molecule has 2 aromatic heterocycles. The van der Waals surface area contributed by atoms with E-state index in [9.17, 15) is 19.4 Å². The van der Waals surface area contributed by atoms with E-state index < -0.39 is 23.9 Å². The molecule has 1 saturated heterocycles. The maximum absolute atomic E-state index is 13.7. The number of piperidine rings is 1. The third kappa shape index (κ3) is 3.06. The molecule has 122 valence electrons. The van der Waals surface area contributed by atoms with Crippen LogP contribution < -0.4 is 0 Å². The van der Waals surface area contributed by atoms with Crippen LogP contribution in [0.25, 0.3) is 5.82 Å². The van der Waals surface area contributed by atoms with E-state index in [-0.39, 0.29) is 18.2 Å². The fourth-order valence-electron chi connectivity index (χ4n) is 2.57. The van der Waals surface area contributed by atoms with Gasteiger partial charge in [0.05, 0.1) is 13.2 Å². The van der Waals surface area contributed by atoms with Gasteiger partial charge < -0.3 is 15.1 Å². The van der Waals surface area contributed by atoms with Crippen molar-refractivity contribution in [2.45, 2.75) is 18.4 Å². The zero-order chi connectivity index (χ0) is 16.4. The first-order chi connectivity index (χ1) is 11.0. The lowest BCUT2D eigenvalue weighted by Gasteiger charge is -2.37. The van der Waals surface area contributed by atoms with Crippen molar-refractivity contribution in [1.29, 1.82) is 0 Å². The highest BCUT2D eigenvalue weighted by Crippen LogP contribution is 2.21. The number of hydrogen-bond donors (Lipinski definition) is 2. The van der Waals surface area contributed by atoms with E-state index in [0.29, 0.717) is 19.4 Å². The molecule has 2 N–H and O–H groups in total. The third-order valence-electron chi connectivity index (χ3n) is 3.78. The maximum Gasteiger partial charge on any atom is 0.293 e. The predicted molar refractivity (Wildman–Crippen MR) is 76.3 cm³/mol. The highest BCUT2D eigenvalue weighted by molar-refractivity contribution is 5.90. The first kappa shape index (κ1) is 15.5. The van der Waals surface area contributed by atoms with E-state index in [1.165, 1.54) is 29.6 Å². The van der Waals surface area contributed by atoms with E-state index >= 15 is 0 Å². The van der Waals surface area contributed by atoms with Crippen LogP contribution in [0.3, 0.4) is 0 Å². The number of rotatable bonds is 3. The summed E-state index contributed by atoms with van der Waals surface area (Å²) in [7, 11) is 0. The van der Waals surface area contributed by atoms with Crippen LogP contribution in [0.5, 0.6) is 0 Å². The number of β-amino-alcohol motifs (C(OH)–C–C–N with tert-alkyl or cyclic N) is 1. The summed E-state index contributed by atoms with van der Waals surface area (Å²) in [5, 5.41) is 23.3. The molecule has 3 rings (SSSR count). The number of hydrogen-bond acceptors (Lipinski definition) is 6. The number of aromatic nitrogens is 4. The largest absolute Gasteiger partial charge is 0.393 e. The molecule has 0 aromatic carbocycles. The van der Waals surface area contributed by atoms with Crippen molar-refractivity contribution in [1.82, 2.24) is 24.6 Å². The van der Waals surface area contributed by atoms with E-state index in [1.54, 1.807) is 0 Å². The molecule has 9 heteroatoms. The SMILES string of the molecule is O=C(c1ncn(-c2ncccc2F)n1)N1CCCC(O)(CO)C1. The highest BCUT2D eigenvalue weighted by atomic mass is 19.1. The number of carbonyl (C=O) groups is 1. The Bertz CT molecular complexity index is 722. The van der Waals surface area contributed by atoms with E-state index in [4.69, 9.17) is 0 Å². The summed E-state index contributed by atoms with van der Waals surface area (Å²) in [4.78, 5) is 21.5. The number of halogens is 1. The lowest BCUT2D eigenvalue weighted by molar-refractivity contribution is -0.0600. The van der Waals surface area contributed by atoms with Gasteiger partial charge in [-0.2, -0.15) is 4.68 Å². The van der Waals surface area contributed by atoms with E-state index in [0.717, 1.165) is 4.68 Å². The second kappa shape index (κ2) is 6.01. The second-order valence-corrected chi connectivity index (χ2v) is 5.53. The summed E-state index contributed by atoms with van der Waals surface area (Å²) in [5.41, 5.74) is -1.30. The molecule has 2 aromatic rings. The van der Waals surface area contributed by atoms with Crippen molar-refractivity contribution in [2.24, 2.45) is 0 Å². The first-order valence-corrected chi connectivity index (χ1v) is 7.17. The zero-order valence-corrected chi connectivity index (χ0v) is 12.3. The molecule has 0 aliphatic carbocycles. The average molecular weight is 321 g/mol. The lowest BCUT2D eigenvalue weighted by atomic mass is 9.94. The monoisotopic (exact) mass is 321 g/mol. The summed E-state index contributed by atoms with van der Waals surface area (Å²) in [6.07, 6.45) is 3.61. The van der Waals surface area contributed by atoms with Crippen LogP contribution in [-0.2, 0) is 0 Å². The summed E-state index contributed by atoms with van der Waals surface area (Å²) >= 11 is 0. The minimum atomic E-state index is -1.30. The van der Waals surface area contributed by atoms with Crippen LogP contribution in [0, 0.1) is 5.82 Å². The van der Waals surface area contributed by atoms with Gasteiger partial charge in [-0.3, -0.25) is 4.79 Å². The molecule has 0 bridgehead atoms. The molecule has 3 heterocycles. The Hall–Kier alpha value is -2.39. The van der Waals surface area contributed by atoms with E-state index in [1.807, 2.05) is 0 Å². The van der Waals surface area contributed by atoms with Gasteiger partial charge in [0, 0.05) is 12.7 Å². The van der Waals surface area contributed by atoms with Gasteiger partial charge in [0.25, 0.3) is 5.91 Å². The smallest absolute Gasteiger partial charge is 0.293 e. The zero-order valence-electron chi connectivity index (χ0n) is 12.3. The fourth-order valence-corrected chi connectivity index (χ4v) is 2.57. The molecule has 1 aliphatic heterocycles. The van der Waals surface area contributed by atoms with Gasteiger partial charge >= 0.3 is 0 Å². The number of amides is 1. The van der Waals surface area contributed by atoms with Gasteiger partial charge in [0.15, 0.2) is 11.6 Å². The molecule has 0 saturated carbocycles. The van der Waals surface area contributed by atoms with Gasteiger partial charge in [-0.05, 0) is 25.0 Å². The molecule has 1 unspecified atom stereocenters. The average Bonchev–Trinajstić information content (AvgIpc) is 3.04. The van der Waals surface area contributed by atoms with Crippen LogP contribution in [0.4, 0.5) is 4.39 Å². The Kier molecular flexibility index (Phi) is 4.05. The van der Waals surface area contributed by atoms with Crippen molar-refractivity contribution >= 4 is 5.91 Å². The van der Waals surface area contributed by atoms with Crippen molar-refractivity contribution in [2.75, 3.05) is 19.7 Å². The van der Waals surface area contributed by atoms with Crippen molar-refractivity contribution < 1.29 is 19.4 Å². The van der Waals surface area contributed by atoms with Crippen LogP contribution in [0.2, 0.25) is 0 Å². The maximum atomic E-state index is 13.7. The van der Waals surface area contributed by atoms with E-state index in [2.05, 4.69) is 15.1 Å². The summed E-state index contributed by atoms with van der Waals surface area (Å²) in [6.45, 7) is 0.0280. The van der Waals surface area contributed by atoms with Crippen LogP contribution in [-0.4, -0.2) is 66.1 Å². The molecule has 0 spiro atoms. The predicted octanol–water partition coefficient (Wildman–Crippen LogP) is -0.239. The third-order valence-corrected chi connectivity index (χ3v) is 3.78. The number of aliphatic hydroxyl groups excluding tert-OH is 1. The Morgan fingerprint density at radius 2 is 2.26 bits per heavy atom. The van der Waals surface area contributed by atoms with Gasteiger partial charge in [0.2, 0.25) is 5.82 Å². The lowest BCUT2D eigenvalue weighted by Crippen LogP contribution is -2.52.